The van der Waals surface area contributed by atoms with Crippen molar-refractivity contribution in [1.82, 2.24) is 4.90 Å². The Morgan fingerprint density at radius 1 is 1.04 bits per heavy atom. The topological polar surface area (TPSA) is 51.9 Å². The number of amides is 1. The van der Waals surface area contributed by atoms with Gasteiger partial charge in [0, 0.05) is 18.5 Å². The second-order valence-electron chi connectivity index (χ2n) is 6.56. The van der Waals surface area contributed by atoms with E-state index < -0.39 is 0 Å². The molecule has 1 aliphatic rings. The number of nitrogens with zero attached hydrogens (tertiary/aromatic N) is 1. The Morgan fingerprint density at radius 2 is 1.74 bits per heavy atom. The molecule has 0 radical (unpaired) electrons. The summed E-state index contributed by atoms with van der Waals surface area (Å²) in [7, 11) is 0. The zero-order valence-corrected chi connectivity index (χ0v) is 15.7. The molecular formula is C22H23NO4. The zero-order chi connectivity index (χ0) is 18.8. The fourth-order valence-electron chi connectivity index (χ4n) is 3.52. The Bertz CT molecular complexity index is 943. The molecule has 27 heavy (non-hydrogen) atoms. The highest BCUT2D eigenvalue weighted by Gasteiger charge is 2.26. The fraction of sp³-hybridized carbons (Fsp3) is 0.318. The van der Waals surface area contributed by atoms with Crippen LogP contribution in [0.1, 0.15) is 35.5 Å². The number of furan rings is 1. The molecule has 0 saturated heterocycles. The van der Waals surface area contributed by atoms with Crippen LogP contribution in [0.5, 0.6) is 11.5 Å². The molecule has 4 rings (SSSR count). The normalized spacial score (nSPS) is 13.5. The standard InChI is InChI=1S/C22H23NO4/c1-3-25-19-11-15-9-10-23(14-17(15)13-20(19)26-4-2)22(24)21-12-16-7-5-6-8-18(16)27-21/h5-8,11-13H,3-4,9-10,14H2,1-2H3. The highest BCUT2D eigenvalue weighted by Crippen LogP contribution is 2.34. The number of benzene rings is 2. The van der Waals surface area contributed by atoms with Crippen LogP contribution in [-0.2, 0) is 13.0 Å². The zero-order valence-electron chi connectivity index (χ0n) is 15.7. The van der Waals surface area contributed by atoms with E-state index in [2.05, 4.69) is 0 Å². The quantitative estimate of drug-likeness (QED) is 0.671. The molecular weight excluding hydrogens is 342 g/mol. The average molecular weight is 365 g/mol. The molecule has 1 amide bonds. The molecule has 0 atom stereocenters. The second kappa shape index (κ2) is 7.35. The van der Waals surface area contributed by atoms with Crippen LogP contribution in [0.3, 0.4) is 0 Å². The van der Waals surface area contributed by atoms with Crippen LogP contribution in [0.15, 0.2) is 46.9 Å². The molecule has 0 bridgehead atoms. The van der Waals surface area contributed by atoms with E-state index in [0.29, 0.717) is 32.1 Å². The van der Waals surface area contributed by atoms with Gasteiger partial charge in [-0.2, -0.15) is 0 Å². The molecule has 140 valence electrons. The number of carbonyl (C=O) groups is 1. The molecule has 0 N–H and O–H groups in total. The lowest BCUT2D eigenvalue weighted by atomic mass is 9.98. The van der Waals surface area contributed by atoms with Crippen molar-refractivity contribution in [2.24, 2.45) is 0 Å². The van der Waals surface area contributed by atoms with E-state index >= 15 is 0 Å². The average Bonchev–Trinajstić information content (AvgIpc) is 3.12. The molecule has 0 unspecified atom stereocenters. The summed E-state index contributed by atoms with van der Waals surface area (Å²) in [6, 6.07) is 13.5. The predicted octanol–water partition coefficient (Wildman–Crippen LogP) is 4.43. The van der Waals surface area contributed by atoms with Gasteiger partial charge in [0.05, 0.1) is 13.2 Å². The van der Waals surface area contributed by atoms with E-state index in [1.54, 1.807) is 0 Å². The Hall–Kier alpha value is -2.95. The molecule has 0 fully saturated rings. The highest BCUT2D eigenvalue weighted by atomic mass is 16.5. The molecule has 3 aromatic rings. The highest BCUT2D eigenvalue weighted by molar-refractivity contribution is 5.96. The van der Waals surface area contributed by atoms with Crippen molar-refractivity contribution in [3.8, 4) is 11.5 Å². The van der Waals surface area contributed by atoms with Gasteiger partial charge in [0.15, 0.2) is 17.3 Å². The maximum Gasteiger partial charge on any atom is 0.289 e. The Labute approximate surface area is 158 Å². The summed E-state index contributed by atoms with van der Waals surface area (Å²) in [5.74, 6) is 1.81. The molecule has 0 saturated carbocycles. The van der Waals surface area contributed by atoms with Gasteiger partial charge in [-0.15, -0.1) is 0 Å². The maximum absolute atomic E-state index is 12.9. The van der Waals surface area contributed by atoms with Gasteiger partial charge in [-0.05, 0) is 55.7 Å². The lowest BCUT2D eigenvalue weighted by molar-refractivity contribution is 0.0704. The first kappa shape index (κ1) is 17.5. The van der Waals surface area contributed by atoms with E-state index in [9.17, 15) is 4.79 Å². The van der Waals surface area contributed by atoms with Crippen molar-refractivity contribution in [3.05, 3.63) is 59.4 Å². The molecule has 5 nitrogen and oxygen atoms in total. The number of hydrogen-bond donors (Lipinski definition) is 0. The van der Waals surface area contributed by atoms with Gasteiger partial charge < -0.3 is 18.8 Å². The Kier molecular flexibility index (Phi) is 4.75. The molecule has 2 aromatic carbocycles. The molecule has 1 aromatic heterocycles. The van der Waals surface area contributed by atoms with Crippen LogP contribution in [0.4, 0.5) is 0 Å². The third-order valence-electron chi connectivity index (χ3n) is 4.80. The van der Waals surface area contributed by atoms with Gasteiger partial charge in [0.2, 0.25) is 0 Å². The third-order valence-corrected chi connectivity index (χ3v) is 4.80. The van der Waals surface area contributed by atoms with E-state index in [4.69, 9.17) is 13.9 Å². The summed E-state index contributed by atoms with van der Waals surface area (Å²) in [4.78, 5) is 14.8. The fourth-order valence-corrected chi connectivity index (χ4v) is 3.52. The van der Waals surface area contributed by atoms with Crippen molar-refractivity contribution in [1.29, 1.82) is 0 Å². The van der Waals surface area contributed by atoms with Gasteiger partial charge >= 0.3 is 0 Å². The lowest BCUT2D eigenvalue weighted by Crippen LogP contribution is -2.35. The minimum absolute atomic E-state index is 0.0799. The van der Waals surface area contributed by atoms with Gasteiger partial charge in [-0.25, -0.2) is 0 Å². The van der Waals surface area contributed by atoms with Crippen molar-refractivity contribution < 1.29 is 18.7 Å². The number of para-hydroxylation sites is 1. The SMILES string of the molecule is CCOc1cc2c(cc1OCC)CN(C(=O)c1cc3ccccc3o1)CC2. The summed E-state index contributed by atoms with van der Waals surface area (Å²) < 4.78 is 17.2. The molecule has 0 spiro atoms. The first-order valence-electron chi connectivity index (χ1n) is 9.38. The molecule has 1 aliphatic heterocycles. The van der Waals surface area contributed by atoms with E-state index in [0.717, 1.165) is 34.5 Å². The lowest BCUT2D eigenvalue weighted by Gasteiger charge is -2.29. The first-order chi connectivity index (χ1) is 13.2. The van der Waals surface area contributed by atoms with E-state index in [1.807, 2.05) is 61.2 Å². The Balaban J connectivity index is 1.59. The van der Waals surface area contributed by atoms with Crippen molar-refractivity contribution in [2.75, 3.05) is 19.8 Å². The van der Waals surface area contributed by atoms with Crippen molar-refractivity contribution in [2.45, 2.75) is 26.8 Å². The summed E-state index contributed by atoms with van der Waals surface area (Å²) in [6.07, 6.45) is 0.785. The second-order valence-corrected chi connectivity index (χ2v) is 6.56. The predicted molar refractivity (Wildman–Crippen MR) is 103 cm³/mol. The van der Waals surface area contributed by atoms with Crippen molar-refractivity contribution in [3.63, 3.8) is 0 Å². The minimum Gasteiger partial charge on any atom is -0.490 e. The monoisotopic (exact) mass is 365 g/mol. The molecule has 5 heteroatoms. The largest absolute Gasteiger partial charge is 0.490 e. The smallest absolute Gasteiger partial charge is 0.289 e. The number of fused-ring (bicyclic) bond motifs is 2. The van der Waals surface area contributed by atoms with E-state index in [1.165, 1.54) is 5.56 Å². The maximum atomic E-state index is 12.9. The summed E-state index contributed by atoms with van der Waals surface area (Å²) in [5.41, 5.74) is 3.03. The van der Waals surface area contributed by atoms with Gasteiger partial charge in [0.1, 0.15) is 5.58 Å². The van der Waals surface area contributed by atoms with Crippen LogP contribution >= 0.6 is 0 Å². The first-order valence-corrected chi connectivity index (χ1v) is 9.38. The van der Waals surface area contributed by atoms with Gasteiger partial charge in [-0.1, -0.05) is 18.2 Å². The molecule has 2 heterocycles. The van der Waals surface area contributed by atoms with Gasteiger partial charge in [-0.3, -0.25) is 4.79 Å². The summed E-state index contributed by atoms with van der Waals surface area (Å²) in [5, 5.41) is 0.943. The number of ether oxygens (including phenoxy) is 2. The van der Waals surface area contributed by atoms with Gasteiger partial charge in [0.25, 0.3) is 5.91 Å². The number of carbonyl (C=O) groups excluding carboxylic acids is 1. The van der Waals surface area contributed by atoms with Crippen LogP contribution in [0.2, 0.25) is 0 Å². The minimum atomic E-state index is -0.0799. The summed E-state index contributed by atoms with van der Waals surface area (Å²) >= 11 is 0. The van der Waals surface area contributed by atoms with Crippen LogP contribution in [-0.4, -0.2) is 30.6 Å². The Morgan fingerprint density at radius 3 is 2.44 bits per heavy atom. The summed E-state index contributed by atoms with van der Waals surface area (Å²) in [6.45, 7) is 6.27. The van der Waals surface area contributed by atoms with Crippen LogP contribution < -0.4 is 9.47 Å². The molecule has 0 aliphatic carbocycles. The van der Waals surface area contributed by atoms with E-state index in [-0.39, 0.29) is 5.91 Å². The number of hydrogen-bond acceptors (Lipinski definition) is 4. The number of rotatable bonds is 5. The van der Waals surface area contributed by atoms with Crippen LogP contribution in [0, 0.1) is 0 Å². The van der Waals surface area contributed by atoms with Crippen molar-refractivity contribution >= 4 is 16.9 Å². The third kappa shape index (κ3) is 3.37. The van der Waals surface area contributed by atoms with Crippen LogP contribution in [0.25, 0.3) is 11.0 Å².